The largest absolute Gasteiger partial charge is 0.322 e. The Morgan fingerprint density at radius 2 is 1.71 bits per heavy atom. The van der Waals surface area contributed by atoms with Gasteiger partial charge in [0.1, 0.15) is 0 Å². The third-order valence-electron chi connectivity index (χ3n) is 2.55. The number of rotatable bonds is 8. The van der Waals surface area contributed by atoms with Crippen LogP contribution < -0.4 is 5.73 Å². The maximum absolute atomic E-state index is 6.13. The summed E-state index contributed by atoms with van der Waals surface area (Å²) in [6.45, 7) is 6.52. The standard InChI is InChI=1S/C13H27N/c1-4-6-8-9-10-12-13(3,14)11-7-5-2/h7,11H,4-6,8-10,12,14H2,1-3H3/b11-7-/t13-/m1/s1. The van der Waals surface area contributed by atoms with E-state index in [0.29, 0.717) is 0 Å². The minimum absolute atomic E-state index is 0.0811. The molecule has 0 aromatic rings. The average Bonchev–Trinajstić information content (AvgIpc) is 2.15. The molecule has 0 unspecified atom stereocenters. The summed E-state index contributed by atoms with van der Waals surface area (Å²) in [5, 5.41) is 0. The zero-order valence-electron chi connectivity index (χ0n) is 10.2. The third kappa shape index (κ3) is 8.31. The van der Waals surface area contributed by atoms with Crippen molar-refractivity contribution in [2.75, 3.05) is 0 Å². The van der Waals surface area contributed by atoms with E-state index in [1.54, 1.807) is 0 Å². The molecule has 0 aliphatic rings. The van der Waals surface area contributed by atoms with Crippen LogP contribution in [0.4, 0.5) is 0 Å². The van der Waals surface area contributed by atoms with Gasteiger partial charge in [-0.25, -0.2) is 0 Å². The van der Waals surface area contributed by atoms with Crippen LogP contribution in [0.25, 0.3) is 0 Å². The fourth-order valence-corrected chi connectivity index (χ4v) is 1.58. The molecule has 84 valence electrons. The average molecular weight is 197 g/mol. The Bertz CT molecular complexity index is 147. The van der Waals surface area contributed by atoms with Crippen molar-refractivity contribution in [1.82, 2.24) is 0 Å². The molecule has 1 heteroatoms. The molecule has 0 bridgehead atoms. The zero-order chi connectivity index (χ0) is 10.9. The molecule has 0 spiro atoms. The summed E-state index contributed by atoms with van der Waals surface area (Å²) in [6.07, 6.45) is 13.2. The van der Waals surface area contributed by atoms with Crippen molar-refractivity contribution in [3.8, 4) is 0 Å². The molecule has 0 aliphatic carbocycles. The Kier molecular flexibility index (Phi) is 7.87. The van der Waals surface area contributed by atoms with Gasteiger partial charge in [-0.1, -0.05) is 58.1 Å². The fraction of sp³-hybridized carbons (Fsp3) is 0.846. The van der Waals surface area contributed by atoms with Crippen LogP contribution >= 0.6 is 0 Å². The maximum atomic E-state index is 6.13. The summed E-state index contributed by atoms with van der Waals surface area (Å²) in [5.41, 5.74) is 6.05. The van der Waals surface area contributed by atoms with Gasteiger partial charge in [0, 0.05) is 5.54 Å². The van der Waals surface area contributed by atoms with Gasteiger partial charge in [0.15, 0.2) is 0 Å². The highest BCUT2D eigenvalue weighted by molar-refractivity contribution is 5.01. The summed E-state index contributed by atoms with van der Waals surface area (Å²) < 4.78 is 0. The summed E-state index contributed by atoms with van der Waals surface area (Å²) in [4.78, 5) is 0. The Hall–Kier alpha value is -0.300. The molecule has 2 N–H and O–H groups in total. The van der Waals surface area contributed by atoms with Crippen LogP contribution in [0.5, 0.6) is 0 Å². The second kappa shape index (κ2) is 8.05. The van der Waals surface area contributed by atoms with Gasteiger partial charge in [-0.3, -0.25) is 0 Å². The summed E-state index contributed by atoms with van der Waals surface area (Å²) in [7, 11) is 0. The first-order chi connectivity index (χ1) is 6.62. The highest BCUT2D eigenvalue weighted by Gasteiger charge is 2.12. The lowest BCUT2D eigenvalue weighted by Crippen LogP contribution is -2.33. The van der Waals surface area contributed by atoms with E-state index in [1.165, 1.54) is 32.1 Å². The highest BCUT2D eigenvalue weighted by atomic mass is 14.7. The van der Waals surface area contributed by atoms with Crippen LogP contribution in [0.3, 0.4) is 0 Å². The second-order valence-electron chi connectivity index (χ2n) is 4.48. The molecule has 0 fully saturated rings. The van der Waals surface area contributed by atoms with Gasteiger partial charge in [0.25, 0.3) is 0 Å². The Labute approximate surface area is 89.8 Å². The molecule has 0 saturated heterocycles. The molecule has 0 rings (SSSR count). The van der Waals surface area contributed by atoms with E-state index in [9.17, 15) is 0 Å². The third-order valence-corrected chi connectivity index (χ3v) is 2.55. The minimum atomic E-state index is -0.0811. The van der Waals surface area contributed by atoms with Crippen molar-refractivity contribution < 1.29 is 0 Å². The van der Waals surface area contributed by atoms with Crippen molar-refractivity contribution >= 4 is 0 Å². The predicted octanol–water partition coefficient (Wildman–Crippen LogP) is 4.03. The number of hydrogen-bond donors (Lipinski definition) is 1. The van der Waals surface area contributed by atoms with E-state index < -0.39 is 0 Å². The molecule has 0 aromatic heterocycles. The summed E-state index contributed by atoms with van der Waals surface area (Å²) in [6, 6.07) is 0. The van der Waals surface area contributed by atoms with Gasteiger partial charge in [-0.05, 0) is 19.8 Å². The van der Waals surface area contributed by atoms with Crippen LogP contribution in [0.1, 0.15) is 65.7 Å². The molecule has 0 radical (unpaired) electrons. The minimum Gasteiger partial charge on any atom is -0.322 e. The molecule has 0 saturated carbocycles. The van der Waals surface area contributed by atoms with Crippen molar-refractivity contribution in [2.24, 2.45) is 5.73 Å². The number of unbranched alkanes of at least 4 members (excludes halogenated alkanes) is 4. The molecule has 1 atom stereocenters. The highest BCUT2D eigenvalue weighted by Crippen LogP contribution is 2.14. The molecule has 0 aliphatic heterocycles. The van der Waals surface area contributed by atoms with Crippen molar-refractivity contribution in [1.29, 1.82) is 0 Å². The monoisotopic (exact) mass is 197 g/mol. The lowest BCUT2D eigenvalue weighted by Gasteiger charge is -2.20. The first kappa shape index (κ1) is 13.7. The molecule has 0 amide bonds. The lowest BCUT2D eigenvalue weighted by molar-refractivity contribution is 0.485. The maximum Gasteiger partial charge on any atom is 0.0310 e. The van der Waals surface area contributed by atoms with Crippen molar-refractivity contribution in [2.45, 2.75) is 71.3 Å². The molecular formula is C13H27N. The quantitative estimate of drug-likeness (QED) is 0.461. The molecule has 0 aromatic carbocycles. The second-order valence-corrected chi connectivity index (χ2v) is 4.48. The number of nitrogens with two attached hydrogens (primary N) is 1. The van der Waals surface area contributed by atoms with Crippen LogP contribution in [0, 0.1) is 0 Å². The Balaban J connectivity index is 3.50. The van der Waals surface area contributed by atoms with Gasteiger partial charge in [-0.2, -0.15) is 0 Å². The topological polar surface area (TPSA) is 26.0 Å². The van der Waals surface area contributed by atoms with Gasteiger partial charge in [0.2, 0.25) is 0 Å². The first-order valence-corrected chi connectivity index (χ1v) is 6.09. The van der Waals surface area contributed by atoms with E-state index in [-0.39, 0.29) is 5.54 Å². The van der Waals surface area contributed by atoms with E-state index >= 15 is 0 Å². The van der Waals surface area contributed by atoms with E-state index in [4.69, 9.17) is 5.73 Å². The van der Waals surface area contributed by atoms with E-state index in [0.717, 1.165) is 12.8 Å². The molecule has 14 heavy (non-hydrogen) atoms. The Morgan fingerprint density at radius 3 is 2.29 bits per heavy atom. The zero-order valence-corrected chi connectivity index (χ0v) is 10.2. The van der Waals surface area contributed by atoms with E-state index in [2.05, 4.69) is 32.9 Å². The smallest absolute Gasteiger partial charge is 0.0310 e. The lowest BCUT2D eigenvalue weighted by atomic mass is 9.94. The molecular weight excluding hydrogens is 170 g/mol. The van der Waals surface area contributed by atoms with Crippen LogP contribution in [0.2, 0.25) is 0 Å². The van der Waals surface area contributed by atoms with E-state index in [1.807, 2.05) is 0 Å². The van der Waals surface area contributed by atoms with Crippen LogP contribution in [0.15, 0.2) is 12.2 Å². The van der Waals surface area contributed by atoms with Gasteiger partial charge < -0.3 is 5.73 Å². The van der Waals surface area contributed by atoms with Crippen molar-refractivity contribution in [3.05, 3.63) is 12.2 Å². The summed E-state index contributed by atoms with van der Waals surface area (Å²) in [5.74, 6) is 0. The van der Waals surface area contributed by atoms with Crippen molar-refractivity contribution in [3.63, 3.8) is 0 Å². The Morgan fingerprint density at radius 1 is 1.07 bits per heavy atom. The fourth-order valence-electron chi connectivity index (χ4n) is 1.58. The van der Waals surface area contributed by atoms with Crippen LogP contribution in [-0.4, -0.2) is 5.54 Å². The van der Waals surface area contributed by atoms with Crippen LogP contribution in [-0.2, 0) is 0 Å². The molecule has 0 heterocycles. The van der Waals surface area contributed by atoms with Gasteiger partial charge in [0.05, 0.1) is 0 Å². The normalized spacial score (nSPS) is 16.0. The van der Waals surface area contributed by atoms with Gasteiger partial charge in [-0.15, -0.1) is 0 Å². The van der Waals surface area contributed by atoms with Gasteiger partial charge >= 0.3 is 0 Å². The number of hydrogen-bond acceptors (Lipinski definition) is 1. The summed E-state index contributed by atoms with van der Waals surface area (Å²) >= 11 is 0. The number of allylic oxidation sites excluding steroid dienone is 1. The predicted molar refractivity (Wildman–Crippen MR) is 65.4 cm³/mol. The first-order valence-electron chi connectivity index (χ1n) is 6.09. The molecule has 1 nitrogen and oxygen atoms in total. The SMILES string of the molecule is CC/C=C\[C@@](C)(N)CCCCCCC.